The Balaban J connectivity index is 3.17. The lowest BCUT2D eigenvalue weighted by molar-refractivity contribution is -0.144. The highest BCUT2D eigenvalue weighted by molar-refractivity contribution is 6.29. The topological polar surface area (TPSA) is 52.8 Å². The van der Waals surface area contributed by atoms with E-state index in [2.05, 4.69) is 9.97 Å². The molecule has 0 aromatic carbocycles. The molecule has 0 N–H and O–H groups in total. The standard InChI is InChI=1S/C11H12ClF3N4/c1-7(2)19(5-3-4-16)9-6-8(12)17-10(18-9)11(13,14)15/h6-7H,3,5H2,1-2H3. The van der Waals surface area contributed by atoms with Crippen molar-refractivity contribution in [1.29, 1.82) is 5.26 Å². The fourth-order valence-corrected chi connectivity index (χ4v) is 1.67. The second-order valence-electron chi connectivity index (χ2n) is 4.07. The normalized spacial score (nSPS) is 11.5. The highest BCUT2D eigenvalue weighted by atomic mass is 35.5. The third-order valence-electron chi connectivity index (χ3n) is 2.32. The van der Waals surface area contributed by atoms with Crippen molar-refractivity contribution in [2.24, 2.45) is 0 Å². The molecule has 0 spiro atoms. The number of nitriles is 1. The number of halogens is 4. The maximum absolute atomic E-state index is 12.6. The summed E-state index contributed by atoms with van der Waals surface area (Å²) in [6, 6.07) is 3.09. The van der Waals surface area contributed by atoms with E-state index in [0.29, 0.717) is 0 Å². The maximum Gasteiger partial charge on any atom is 0.451 e. The monoisotopic (exact) mass is 292 g/mol. The number of rotatable bonds is 4. The van der Waals surface area contributed by atoms with Gasteiger partial charge in [0.25, 0.3) is 0 Å². The minimum absolute atomic E-state index is 0.0672. The van der Waals surface area contributed by atoms with Gasteiger partial charge in [0, 0.05) is 18.7 Å². The van der Waals surface area contributed by atoms with Gasteiger partial charge in [-0.2, -0.15) is 18.4 Å². The third-order valence-corrected chi connectivity index (χ3v) is 2.51. The summed E-state index contributed by atoms with van der Waals surface area (Å²) in [6.07, 6.45) is -4.47. The van der Waals surface area contributed by atoms with Gasteiger partial charge in [0.2, 0.25) is 5.82 Å². The number of hydrogen-bond acceptors (Lipinski definition) is 4. The summed E-state index contributed by atoms with van der Waals surface area (Å²) in [5.74, 6) is -1.21. The van der Waals surface area contributed by atoms with E-state index in [4.69, 9.17) is 16.9 Å². The van der Waals surface area contributed by atoms with E-state index in [9.17, 15) is 13.2 Å². The van der Waals surface area contributed by atoms with Crippen LogP contribution >= 0.6 is 11.6 Å². The molecule has 0 amide bonds. The quantitative estimate of drug-likeness (QED) is 0.799. The van der Waals surface area contributed by atoms with Crippen molar-refractivity contribution in [3.05, 3.63) is 17.0 Å². The van der Waals surface area contributed by atoms with Crippen molar-refractivity contribution in [2.45, 2.75) is 32.5 Å². The molecule has 1 heterocycles. The molecule has 0 saturated heterocycles. The molecule has 8 heteroatoms. The van der Waals surface area contributed by atoms with E-state index >= 15 is 0 Å². The molecule has 0 radical (unpaired) electrons. The van der Waals surface area contributed by atoms with Crippen LogP contribution in [-0.4, -0.2) is 22.6 Å². The molecule has 0 aliphatic rings. The Kier molecular flexibility index (Phi) is 4.95. The Hall–Kier alpha value is -1.55. The van der Waals surface area contributed by atoms with Crippen LogP contribution in [0.1, 0.15) is 26.1 Å². The van der Waals surface area contributed by atoms with Crippen LogP contribution in [0.25, 0.3) is 0 Å². The molecule has 4 nitrogen and oxygen atoms in total. The highest BCUT2D eigenvalue weighted by Gasteiger charge is 2.35. The molecule has 1 aromatic rings. The van der Waals surface area contributed by atoms with Crippen LogP contribution in [-0.2, 0) is 6.18 Å². The fourth-order valence-electron chi connectivity index (χ4n) is 1.49. The van der Waals surface area contributed by atoms with Crippen LogP contribution in [0.5, 0.6) is 0 Å². The minimum atomic E-state index is -4.66. The first-order valence-corrected chi connectivity index (χ1v) is 5.89. The van der Waals surface area contributed by atoms with E-state index in [1.54, 1.807) is 18.7 Å². The lowest BCUT2D eigenvalue weighted by atomic mass is 10.3. The number of anilines is 1. The van der Waals surface area contributed by atoms with Gasteiger partial charge in [-0.3, -0.25) is 0 Å². The molecule has 0 bridgehead atoms. The van der Waals surface area contributed by atoms with Gasteiger partial charge in [-0.15, -0.1) is 0 Å². The number of aromatic nitrogens is 2. The Bertz CT molecular complexity index is 482. The predicted octanol–water partition coefficient (Wildman–Crippen LogP) is 3.28. The fraction of sp³-hybridized carbons (Fsp3) is 0.545. The van der Waals surface area contributed by atoms with Gasteiger partial charge >= 0.3 is 6.18 Å². The van der Waals surface area contributed by atoms with Gasteiger partial charge < -0.3 is 4.90 Å². The molecule has 1 rings (SSSR count). The zero-order valence-electron chi connectivity index (χ0n) is 10.4. The molecule has 0 unspecified atom stereocenters. The van der Waals surface area contributed by atoms with Crippen molar-refractivity contribution < 1.29 is 13.2 Å². The minimum Gasteiger partial charge on any atom is -0.353 e. The number of nitrogens with zero attached hydrogens (tertiary/aromatic N) is 4. The predicted molar refractivity (Wildman–Crippen MR) is 64.8 cm³/mol. The van der Waals surface area contributed by atoms with E-state index in [1.165, 1.54) is 6.07 Å². The summed E-state index contributed by atoms with van der Waals surface area (Å²) in [4.78, 5) is 8.22. The van der Waals surface area contributed by atoms with Crippen molar-refractivity contribution in [2.75, 3.05) is 11.4 Å². The van der Waals surface area contributed by atoms with Gasteiger partial charge in [-0.25, -0.2) is 9.97 Å². The van der Waals surface area contributed by atoms with Crippen molar-refractivity contribution in [1.82, 2.24) is 9.97 Å². The van der Waals surface area contributed by atoms with Gasteiger partial charge in [-0.1, -0.05) is 11.6 Å². The van der Waals surface area contributed by atoms with Crippen molar-refractivity contribution in [3.8, 4) is 6.07 Å². The average Bonchev–Trinajstić information content (AvgIpc) is 2.27. The molecule has 0 atom stereocenters. The molecule has 1 aromatic heterocycles. The second kappa shape index (κ2) is 6.06. The molecule has 0 aliphatic carbocycles. The molecule has 0 fully saturated rings. The van der Waals surface area contributed by atoms with Crippen LogP contribution < -0.4 is 4.90 Å². The summed E-state index contributed by atoms with van der Waals surface area (Å²) in [5, 5.41) is 8.29. The maximum atomic E-state index is 12.6. The summed E-state index contributed by atoms with van der Waals surface area (Å²) in [7, 11) is 0. The number of hydrogen-bond donors (Lipinski definition) is 0. The Morgan fingerprint density at radius 1 is 1.42 bits per heavy atom. The molecule has 0 saturated carbocycles. The van der Waals surface area contributed by atoms with E-state index < -0.39 is 12.0 Å². The first-order valence-electron chi connectivity index (χ1n) is 5.51. The lowest BCUT2D eigenvalue weighted by Gasteiger charge is -2.27. The van der Waals surface area contributed by atoms with Gasteiger partial charge in [0.05, 0.1) is 12.5 Å². The van der Waals surface area contributed by atoms with Gasteiger partial charge in [0.15, 0.2) is 0 Å². The van der Waals surface area contributed by atoms with Gasteiger partial charge in [-0.05, 0) is 13.8 Å². The molecule has 104 valence electrons. The third kappa shape index (κ3) is 4.24. The van der Waals surface area contributed by atoms with Crippen molar-refractivity contribution in [3.63, 3.8) is 0 Å². The highest BCUT2D eigenvalue weighted by Crippen LogP contribution is 2.29. The van der Waals surface area contributed by atoms with Crippen molar-refractivity contribution >= 4 is 17.4 Å². The summed E-state index contributed by atoms with van der Waals surface area (Å²) in [6.45, 7) is 3.86. The lowest BCUT2D eigenvalue weighted by Crippen LogP contribution is -2.33. The molecular weight excluding hydrogens is 281 g/mol. The zero-order chi connectivity index (χ0) is 14.6. The van der Waals surface area contributed by atoms with Crippen LogP contribution in [0.15, 0.2) is 6.07 Å². The smallest absolute Gasteiger partial charge is 0.353 e. The largest absolute Gasteiger partial charge is 0.451 e. The molecule has 19 heavy (non-hydrogen) atoms. The molecular formula is C11H12ClF3N4. The van der Waals surface area contributed by atoms with Crippen LogP contribution in [0, 0.1) is 11.3 Å². The zero-order valence-corrected chi connectivity index (χ0v) is 11.1. The Labute approximate surface area is 113 Å². The first-order chi connectivity index (χ1) is 8.75. The van der Waals surface area contributed by atoms with E-state index in [0.717, 1.165) is 0 Å². The summed E-state index contributed by atoms with van der Waals surface area (Å²) >= 11 is 5.60. The van der Waals surface area contributed by atoms with E-state index in [1.807, 2.05) is 6.07 Å². The van der Waals surface area contributed by atoms with Crippen LogP contribution in [0.3, 0.4) is 0 Å². The number of alkyl halides is 3. The summed E-state index contributed by atoms with van der Waals surface area (Å²) < 4.78 is 37.8. The average molecular weight is 293 g/mol. The van der Waals surface area contributed by atoms with Crippen LogP contribution in [0.2, 0.25) is 5.15 Å². The Morgan fingerprint density at radius 3 is 2.53 bits per heavy atom. The van der Waals surface area contributed by atoms with Gasteiger partial charge in [0.1, 0.15) is 11.0 Å². The first kappa shape index (κ1) is 15.5. The van der Waals surface area contributed by atoms with E-state index in [-0.39, 0.29) is 30.0 Å². The summed E-state index contributed by atoms with van der Waals surface area (Å²) in [5.41, 5.74) is 0. The molecule has 0 aliphatic heterocycles. The SMILES string of the molecule is CC(C)N(CCC#N)c1cc(Cl)nc(C(F)(F)F)n1. The van der Waals surface area contributed by atoms with Crippen LogP contribution in [0.4, 0.5) is 19.0 Å². The Morgan fingerprint density at radius 2 is 2.05 bits per heavy atom. The second-order valence-corrected chi connectivity index (χ2v) is 4.45.